The molecule has 1 aromatic heterocycles. The van der Waals surface area contributed by atoms with E-state index in [-0.39, 0.29) is 12.1 Å². The van der Waals surface area contributed by atoms with E-state index in [0.29, 0.717) is 6.54 Å². The van der Waals surface area contributed by atoms with Crippen LogP contribution in [0, 0.1) is 0 Å². The van der Waals surface area contributed by atoms with Gasteiger partial charge < -0.3 is 15.4 Å². The number of carbonyl (C=O) groups excluding carboxylic acids is 1. The molecule has 2 N–H and O–H groups in total. The predicted molar refractivity (Wildman–Crippen MR) is 84.5 cm³/mol. The van der Waals surface area contributed by atoms with E-state index in [1.54, 1.807) is 11.3 Å². The van der Waals surface area contributed by atoms with Crippen molar-refractivity contribution in [1.82, 2.24) is 10.6 Å². The summed E-state index contributed by atoms with van der Waals surface area (Å²) in [6.45, 7) is 8.93. The largest absolute Gasteiger partial charge is 0.444 e. The maximum absolute atomic E-state index is 11.6. The van der Waals surface area contributed by atoms with Crippen molar-refractivity contribution in [1.29, 1.82) is 0 Å². The molecular formula is C14H23ClN2O2S. The molecule has 0 fully saturated rings. The van der Waals surface area contributed by atoms with Crippen LogP contribution in [-0.4, -0.2) is 24.3 Å². The van der Waals surface area contributed by atoms with Crippen LogP contribution in [0.5, 0.6) is 0 Å². The molecule has 1 unspecified atom stereocenters. The average molecular weight is 319 g/mol. The molecule has 0 aromatic carbocycles. The third kappa shape index (κ3) is 7.12. The Morgan fingerprint density at radius 1 is 1.45 bits per heavy atom. The van der Waals surface area contributed by atoms with Gasteiger partial charge in [-0.1, -0.05) is 18.5 Å². The van der Waals surface area contributed by atoms with Crippen molar-refractivity contribution < 1.29 is 9.53 Å². The van der Waals surface area contributed by atoms with E-state index in [1.165, 1.54) is 4.88 Å². The van der Waals surface area contributed by atoms with Crippen molar-refractivity contribution in [2.24, 2.45) is 0 Å². The fourth-order valence-corrected chi connectivity index (χ4v) is 2.61. The van der Waals surface area contributed by atoms with Gasteiger partial charge in [-0.2, -0.15) is 0 Å². The first-order valence-corrected chi connectivity index (χ1v) is 7.94. The minimum absolute atomic E-state index is 0.211. The number of nitrogens with one attached hydrogen (secondary N) is 2. The fraction of sp³-hybridized carbons (Fsp3) is 0.643. The predicted octanol–water partition coefficient (Wildman–Crippen LogP) is 3.79. The number of alkyl carbamates (subject to hydrolysis) is 1. The van der Waals surface area contributed by atoms with Gasteiger partial charge in [-0.05, 0) is 39.3 Å². The summed E-state index contributed by atoms with van der Waals surface area (Å²) in [5.41, 5.74) is -0.465. The number of carbonyl (C=O) groups is 1. The standard InChI is InChI=1S/C14H23ClN2O2S/c1-5-10(8-17-13(18)19-14(2,3)4)16-9-11-6-7-12(15)20-11/h6-7,10,16H,5,8-9H2,1-4H3,(H,17,18). The fourth-order valence-electron chi connectivity index (χ4n) is 1.57. The molecule has 4 nitrogen and oxygen atoms in total. The molecule has 6 heteroatoms. The van der Waals surface area contributed by atoms with Crippen LogP contribution < -0.4 is 10.6 Å². The van der Waals surface area contributed by atoms with Crippen LogP contribution in [0.15, 0.2) is 12.1 Å². The lowest BCUT2D eigenvalue weighted by molar-refractivity contribution is 0.0522. The van der Waals surface area contributed by atoms with Crippen molar-refractivity contribution in [3.63, 3.8) is 0 Å². The van der Waals surface area contributed by atoms with E-state index >= 15 is 0 Å². The molecule has 0 aliphatic heterocycles. The zero-order chi connectivity index (χ0) is 15.2. The van der Waals surface area contributed by atoms with E-state index < -0.39 is 5.60 Å². The highest BCUT2D eigenvalue weighted by Crippen LogP contribution is 2.21. The number of hydrogen-bond acceptors (Lipinski definition) is 4. The molecule has 0 bridgehead atoms. The zero-order valence-electron chi connectivity index (χ0n) is 12.5. The van der Waals surface area contributed by atoms with Gasteiger partial charge in [-0.15, -0.1) is 11.3 Å². The Morgan fingerprint density at radius 3 is 2.65 bits per heavy atom. The van der Waals surface area contributed by atoms with Crippen LogP contribution in [0.3, 0.4) is 0 Å². The normalized spacial score (nSPS) is 13.1. The van der Waals surface area contributed by atoms with Crippen LogP contribution in [0.1, 0.15) is 39.0 Å². The molecule has 0 aliphatic rings. The van der Waals surface area contributed by atoms with Crippen LogP contribution in [0.2, 0.25) is 4.34 Å². The minimum atomic E-state index is -0.465. The highest BCUT2D eigenvalue weighted by Gasteiger charge is 2.16. The second-order valence-electron chi connectivity index (χ2n) is 5.57. The SMILES string of the molecule is CCC(CNC(=O)OC(C)(C)C)NCc1ccc(Cl)s1. The minimum Gasteiger partial charge on any atom is -0.444 e. The highest BCUT2D eigenvalue weighted by atomic mass is 35.5. The van der Waals surface area contributed by atoms with Gasteiger partial charge in [0.2, 0.25) is 0 Å². The monoisotopic (exact) mass is 318 g/mol. The summed E-state index contributed by atoms with van der Waals surface area (Å²) in [6.07, 6.45) is 0.548. The van der Waals surface area contributed by atoms with Gasteiger partial charge >= 0.3 is 6.09 Å². The quantitative estimate of drug-likeness (QED) is 0.839. The highest BCUT2D eigenvalue weighted by molar-refractivity contribution is 7.16. The average Bonchev–Trinajstić information content (AvgIpc) is 2.73. The van der Waals surface area contributed by atoms with Crippen molar-refractivity contribution in [2.45, 2.75) is 52.3 Å². The topological polar surface area (TPSA) is 50.4 Å². The van der Waals surface area contributed by atoms with Gasteiger partial charge in [0.15, 0.2) is 0 Å². The number of thiophene rings is 1. The smallest absolute Gasteiger partial charge is 0.407 e. The summed E-state index contributed by atoms with van der Waals surface area (Å²) in [4.78, 5) is 12.8. The summed E-state index contributed by atoms with van der Waals surface area (Å²) in [7, 11) is 0. The summed E-state index contributed by atoms with van der Waals surface area (Å²) >= 11 is 7.45. The summed E-state index contributed by atoms with van der Waals surface area (Å²) in [5.74, 6) is 0. The molecule has 1 aromatic rings. The number of rotatable bonds is 6. The van der Waals surface area contributed by atoms with E-state index in [9.17, 15) is 4.79 Å². The Kier molecular flexibility index (Phi) is 6.79. The van der Waals surface area contributed by atoms with Gasteiger partial charge in [-0.3, -0.25) is 0 Å². The van der Waals surface area contributed by atoms with Gasteiger partial charge in [0.25, 0.3) is 0 Å². The molecule has 0 spiro atoms. The molecule has 1 atom stereocenters. The molecule has 20 heavy (non-hydrogen) atoms. The van der Waals surface area contributed by atoms with Gasteiger partial charge in [-0.25, -0.2) is 4.79 Å². The third-order valence-electron chi connectivity index (χ3n) is 2.58. The Hall–Kier alpha value is -0.780. The maximum atomic E-state index is 11.6. The zero-order valence-corrected chi connectivity index (χ0v) is 14.0. The first kappa shape index (κ1) is 17.3. The number of hydrogen-bond donors (Lipinski definition) is 2. The number of halogens is 1. The van der Waals surface area contributed by atoms with E-state index in [4.69, 9.17) is 16.3 Å². The summed E-state index contributed by atoms with van der Waals surface area (Å²) in [5, 5.41) is 6.18. The molecule has 1 amide bonds. The Bertz CT molecular complexity index is 429. The first-order valence-electron chi connectivity index (χ1n) is 6.74. The summed E-state index contributed by atoms with van der Waals surface area (Å²) < 4.78 is 6.00. The molecular weight excluding hydrogens is 296 g/mol. The Morgan fingerprint density at radius 2 is 2.15 bits per heavy atom. The first-order chi connectivity index (χ1) is 9.30. The van der Waals surface area contributed by atoms with Crippen LogP contribution in [0.25, 0.3) is 0 Å². The third-order valence-corrected chi connectivity index (χ3v) is 3.81. The second kappa shape index (κ2) is 7.86. The molecule has 1 heterocycles. The lowest BCUT2D eigenvalue weighted by Gasteiger charge is -2.22. The molecule has 114 valence electrons. The molecule has 0 aliphatic carbocycles. The van der Waals surface area contributed by atoms with Gasteiger partial charge in [0.05, 0.1) is 4.34 Å². The van der Waals surface area contributed by atoms with E-state index in [0.717, 1.165) is 17.3 Å². The van der Waals surface area contributed by atoms with Crippen LogP contribution >= 0.6 is 22.9 Å². The molecule has 1 rings (SSSR count). The van der Waals surface area contributed by atoms with Crippen molar-refractivity contribution >= 4 is 29.0 Å². The van der Waals surface area contributed by atoms with E-state index in [2.05, 4.69) is 17.6 Å². The summed E-state index contributed by atoms with van der Waals surface area (Å²) in [6, 6.07) is 4.11. The molecule has 0 saturated heterocycles. The van der Waals surface area contributed by atoms with Crippen molar-refractivity contribution in [3.8, 4) is 0 Å². The van der Waals surface area contributed by atoms with Gasteiger partial charge in [0.1, 0.15) is 5.60 Å². The van der Waals surface area contributed by atoms with Gasteiger partial charge in [0, 0.05) is 24.0 Å². The number of ether oxygens (including phenoxy) is 1. The lowest BCUT2D eigenvalue weighted by Crippen LogP contribution is -2.42. The van der Waals surface area contributed by atoms with Crippen LogP contribution in [-0.2, 0) is 11.3 Å². The van der Waals surface area contributed by atoms with Crippen LogP contribution in [0.4, 0.5) is 4.79 Å². The lowest BCUT2D eigenvalue weighted by atomic mass is 10.2. The van der Waals surface area contributed by atoms with Crippen molar-refractivity contribution in [2.75, 3.05) is 6.54 Å². The second-order valence-corrected chi connectivity index (χ2v) is 7.37. The molecule has 0 radical (unpaired) electrons. The Balaban J connectivity index is 2.30. The maximum Gasteiger partial charge on any atom is 0.407 e. The van der Waals surface area contributed by atoms with E-state index in [1.807, 2.05) is 32.9 Å². The van der Waals surface area contributed by atoms with Crippen molar-refractivity contribution in [3.05, 3.63) is 21.3 Å². The molecule has 0 saturated carbocycles. The number of amides is 1. The Labute approximate surface area is 129 Å².